The topological polar surface area (TPSA) is 91.6 Å². The summed E-state index contributed by atoms with van der Waals surface area (Å²) in [5.41, 5.74) is 2.79. The number of tetrazole rings is 1. The fourth-order valence-corrected chi connectivity index (χ4v) is 4.19. The van der Waals surface area contributed by atoms with Crippen LogP contribution in [0.2, 0.25) is 0 Å². The van der Waals surface area contributed by atoms with E-state index in [0.717, 1.165) is 37.1 Å². The van der Waals surface area contributed by atoms with Crippen LogP contribution in [-0.4, -0.2) is 65.4 Å². The van der Waals surface area contributed by atoms with Crippen LogP contribution in [0.1, 0.15) is 30.1 Å². The minimum atomic E-state index is -0.00725. The minimum Gasteiger partial charge on any atom is -0.493 e. The van der Waals surface area contributed by atoms with Crippen molar-refractivity contribution in [3.63, 3.8) is 0 Å². The summed E-state index contributed by atoms with van der Waals surface area (Å²) in [6, 6.07) is 9.30. The van der Waals surface area contributed by atoms with Crippen molar-refractivity contribution in [2.45, 2.75) is 19.8 Å². The molecular weight excluding hydrogens is 410 g/mol. The van der Waals surface area contributed by atoms with Crippen molar-refractivity contribution in [3.8, 4) is 34.1 Å². The highest BCUT2D eigenvalue weighted by molar-refractivity contribution is 5.97. The molecule has 0 aliphatic carbocycles. The maximum atomic E-state index is 13.4. The first-order valence-electron chi connectivity index (χ1n) is 10.5. The molecule has 1 aromatic heterocycles. The summed E-state index contributed by atoms with van der Waals surface area (Å²) in [5, 5.41) is 11.5. The number of hydrogen-bond donors (Lipinski definition) is 0. The fourth-order valence-electron chi connectivity index (χ4n) is 4.19. The van der Waals surface area contributed by atoms with Crippen LogP contribution in [0.5, 0.6) is 17.2 Å². The second kappa shape index (κ2) is 9.25. The number of carbonyl (C=O) groups is 1. The summed E-state index contributed by atoms with van der Waals surface area (Å²) in [6.07, 6.45) is 3.65. The van der Waals surface area contributed by atoms with Gasteiger partial charge in [0.2, 0.25) is 5.75 Å². The first kappa shape index (κ1) is 21.6. The number of carbonyl (C=O) groups excluding carboxylic acids is 1. The molecule has 0 bridgehead atoms. The zero-order chi connectivity index (χ0) is 22.7. The zero-order valence-corrected chi connectivity index (χ0v) is 18.7. The summed E-state index contributed by atoms with van der Waals surface area (Å²) in [4.78, 5) is 15.3. The van der Waals surface area contributed by atoms with Gasteiger partial charge in [-0.25, -0.2) is 4.68 Å². The first-order chi connectivity index (χ1) is 15.5. The molecule has 1 aliphatic rings. The normalized spacial score (nSPS) is 16.0. The van der Waals surface area contributed by atoms with Crippen LogP contribution in [0.25, 0.3) is 16.8 Å². The van der Waals surface area contributed by atoms with Gasteiger partial charge in [-0.3, -0.25) is 4.79 Å². The van der Waals surface area contributed by atoms with E-state index in [9.17, 15) is 4.79 Å². The highest BCUT2D eigenvalue weighted by Gasteiger charge is 2.24. The van der Waals surface area contributed by atoms with Crippen molar-refractivity contribution in [1.29, 1.82) is 0 Å². The largest absolute Gasteiger partial charge is 0.493 e. The number of aromatic nitrogens is 4. The van der Waals surface area contributed by atoms with Crippen molar-refractivity contribution < 1.29 is 19.0 Å². The number of rotatable bonds is 6. The van der Waals surface area contributed by atoms with Gasteiger partial charge in [-0.2, -0.15) is 0 Å². The van der Waals surface area contributed by atoms with Gasteiger partial charge < -0.3 is 19.1 Å². The third kappa shape index (κ3) is 4.10. The summed E-state index contributed by atoms with van der Waals surface area (Å²) in [6.45, 7) is 3.69. The number of nitrogens with zero attached hydrogens (tertiary/aromatic N) is 5. The molecule has 0 radical (unpaired) electrons. The molecule has 1 saturated heterocycles. The summed E-state index contributed by atoms with van der Waals surface area (Å²) < 4.78 is 18.2. The van der Waals surface area contributed by atoms with E-state index in [1.165, 1.54) is 11.0 Å². The number of likely N-dealkylation sites (tertiary alicyclic amines) is 1. The molecule has 168 valence electrons. The zero-order valence-electron chi connectivity index (χ0n) is 18.7. The molecular formula is C23H27N5O4. The molecule has 0 saturated carbocycles. The minimum absolute atomic E-state index is 0.00725. The number of hydrogen-bond acceptors (Lipinski definition) is 7. The van der Waals surface area contributed by atoms with Crippen LogP contribution in [0.4, 0.5) is 0 Å². The Hall–Kier alpha value is -3.62. The summed E-state index contributed by atoms with van der Waals surface area (Å²) in [5.74, 6) is 2.04. The van der Waals surface area contributed by atoms with Gasteiger partial charge in [-0.1, -0.05) is 6.92 Å². The Morgan fingerprint density at radius 3 is 2.53 bits per heavy atom. The van der Waals surface area contributed by atoms with E-state index in [0.29, 0.717) is 34.4 Å². The van der Waals surface area contributed by atoms with Crippen molar-refractivity contribution in [2.24, 2.45) is 5.92 Å². The van der Waals surface area contributed by atoms with Crippen molar-refractivity contribution in [2.75, 3.05) is 34.4 Å². The van der Waals surface area contributed by atoms with Crippen LogP contribution in [0.15, 0.2) is 36.7 Å². The van der Waals surface area contributed by atoms with Crippen molar-refractivity contribution in [1.82, 2.24) is 25.1 Å². The van der Waals surface area contributed by atoms with E-state index < -0.39 is 0 Å². The summed E-state index contributed by atoms with van der Waals surface area (Å²) >= 11 is 0. The molecule has 2 heterocycles. The molecule has 9 heteroatoms. The van der Waals surface area contributed by atoms with Gasteiger partial charge in [-0.05, 0) is 65.1 Å². The monoisotopic (exact) mass is 437 g/mol. The number of ether oxygens (including phenoxy) is 3. The van der Waals surface area contributed by atoms with Crippen molar-refractivity contribution in [3.05, 3.63) is 42.2 Å². The Morgan fingerprint density at radius 1 is 1.06 bits per heavy atom. The number of methoxy groups -OCH3 is 3. The SMILES string of the molecule is COc1ccc(-c2cc(C(=O)N3CCCC(C)C3)cc(-n3cnnn3)c2)c(OC)c1OC. The van der Waals surface area contributed by atoms with Gasteiger partial charge in [0, 0.05) is 24.2 Å². The maximum Gasteiger partial charge on any atom is 0.253 e. The van der Waals surface area contributed by atoms with Crippen molar-refractivity contribution >= 4 is 5.91 Å². The van der Waals surface area contributed by atoms with Crippen LogP contribution < -0.4 is 14.2 Å². The second-order valence-corrected chi connectivity index (χ2v) is 7.90. The third-order valence-corrected chi connectivity index (χ3v) is 5.74. The second-order valence-electron chi connectivity index (χ2n) is 7.90. The quantitative estimate of drug-likeness (QED) is 0.585. The molecule has 0 N–H and O–H groups in total. The Labute approximate surface area is 186 Å². The molecule has 9 nitrogen and oxygen atoms in total. The molecule has 32 heavy (non-hydrogen) atoms. The smallest absolute Gasteiger partial charge is 0.253 e. The van der Waals surface area contributed by atoms with Gasteiger partial charge in [-0.15, -0.1) is 5.10 Å². The van der Waals surface area contributed by atoms with Crippen LogP contribution in [-0.2, 0) is 0 Å². The average molecular weight is 438 g/mol. The van der Waals surface area contributed by atoms with Gasteiger partial charge >= 0.3 is 0 Å². The predicted octanol–water partition coefficient (Wildman–Crippen LogP) is 3.23. The molecule has 0 spiro atoms. The Kier molecular flexibility index (Phi) is 6.25. The lowest BCUT2D eigenvalue weighted by Crippen LogP contribution is -2.39. The molecule has 2 aromatic carbocycles. The number of benzene rings is 2. The van der Waals surface area contributed by atoms with E-state index in [4.69, 9.17) is 14.2 Å². The van der Waals surface area contributed by atoms with Gasteiger partial charge in [0.25, 0.3) is 5.91 Å². The maximum absolute atomic E-state index is 13.4. The number of piperidine rings is 1. The van der Waals surface area contributed by atoms with E-state index in [1.54, 1.807) is 21.3 Å². The van der Waals surface area contributed by atoms with E-state index in [1.807, 2.05) is 35.2 Å². The van der Waals surface area contributed by atoms with Crippen LogP contribution >= 0.6 is 0 Å². The third-order valence-electron chi connectivity index (χ3n) is 5.74. The molecule has 1 aliphatic heterocycles. The first-order valence-corrected chi connectivity index (χ1v) is 10.5. The Balaban J connectivity index is 1.85. The van der Waals surface area contributed by atoms with Gasteiger partial charge in [0.1, 0.15) is 6.33 Å². The van der Waals surface area contributed by atoms with Gasteiger partial charge in [0.15, 0.2) is 11.5 Å². The number of amides is 1. The highest BCUT2D eigenvalue weighted by Crippen LogP contribution is 2.44. The summed E-state index contributed by atoms with van der Waals surface area (Å²) in [7, 11) is 4.72. The fraction of sp³-hybridized carbons (Fsp3) is 0.391. The lowest BCUT2D eigenvalue weighted by atomic mass is 9.97. The van der Waals surface area contributed by atoms with E-state index in [-0.39, 0.29) is 5.91 Å². The van der Waals surface area contributed by atoms with E-state index >= 15 is 0 Å². The van der Waals surface area contributed by atoms with Gasteiger partial charge in [0.05, 0.1) is 27.0 Å². The Morgan fingerprint density at radius 2 is 1.88 bits per heavy atom. The highest BCUT2D eigenvalue weighted by atomic mass is 16.5. The predicted molar refractivity (Wildman–Crippen MR) is 119 cm³/mol. The molecule has 4 rings (SSSR count). The molecule has 1 atom stereocenters. The molecule has 1 unspecified atom stereocenters. The van der Waals surface area contributed by atoms with Crippen LogP contribution in [0, 0.1) is 5.92 Å². The van der Waals surface area contributed by atoms with Crippen LogP contribution in [0.3, 0.4) is 0 Å². The molecule has 3 aromatic rings. The lowest BCUT2D eigenvalue weighted by molar-refractivity contribution is 0.0683. The lowest BCUT2D eigenvalue weighted by Gasteiger charge is -2.31. The Bertz CT molecular complexity index is 1100. The molecule has 1 fully saturated rings. The standard InChI is InChI=1S/C23H27N5O4/c1-15-6-5-9-27(13-15)23(29)17-10-16(11-18(12-17)28-14-24-25-26-28)19-7-8-20(30-2)22(32-4)21(19)31-3/h7-8,10-12,14-15H,5-6,9,13H2,1-4H3. The average Bonchev–Trinajstić information content (AvgIpc) is 3.37. The molecule has 1 amide bonds. The van der Waals surface area contributed by atoms with E-state index in [2.05, 4.69) is 22.4 Å².